The number of benzene rings is 2. The van der Waals surface area contributed by atoms with E-state index in [4.69, 9.17) is 10.5 Å². The molecule has 2 aromatic rings. The van der Waals surface area contributed by atoms with Crippen molar-refractivity contribution < 1.29 is 9.13 Å². The van der Waals surface area contributed by atoms with Gasteiger partial charge in [0, 0.05) is 17.8 Å². The van der Waals surface area contributed by atoms with Gasteiger partial charge in [0.2, 0.25) is 0 Å². The topological polar surface area (TPSA) is 35.2 Å². The maximum atomic E-state index is 13.3. The van der Waals surface area contributed by atoms with Crippen LogP contribution in [0.25, 0.3) is 0 Å². The van der Waals surface area contributed by atoms with Crippen molar-refractivity contribution in [3.05, 3.63) is 53.3 Å². The number of halogens is 1. The molecule has 0 fully saturated rings. The standard InChI is InChI=1S/C17H20FNO/c1-11-7-12(17(2,3)4)5-6-16(11)20-15-9-13(18)8-14(19)10-15/h5-10H,19H2,1-4H3. The number of hydrogen-bond acceptors (Lipinski definition) is 2. The maximum Gasteiger partial charge on any atom is 0.132 e. The lowest BCUT2D eigenvalue weighted by Gasteiger charge is -2.20. The normalized spacial score (nSPS) is 11.4. The predicted molar refractivity (Wildman–Crippen MR) is 80.8 cm³/mol. The number of nitrogen functional groups attached to an aromatic ring is 1. The van der Waals surface area contributed by atoms with Gasteiger partial charge in [-0.25, -0.2) is 4.39 Å². The molecule has 0 radical (unpaired) electrons. The summed E-state index contributed by atoms with van der Waals surface area (Å²) in [5.74, 6) is 0.723. The summed E-state index contributed by atoms with van der Waals surface area (Å²) in [6, 6.07) is 10.2. The number of hydrogen-bond donors (Lipinski definition) is 1. The van der Waals surface area contributed by atoms with Gasteiger partial charge in [-0.1, -0.05) is 32.9 Å². The van der Waals surface area contributed by atoms with Gasteiger partial charge in [-0.05, 0) is 35.6 Å². The highest BCUT2D eigenvalue weighted by Crippen LogP contribution is 2.31. The molecule has 2 aromatic carbocycles. The van der Waals surface area contributed by atoms with Crippen molar-refractivity contribution in [3.63, 3.8) is 0 Å². The Hall–Kier alpha value is -2.03. The van der Waals surface area contributed by atoms with Crippen molar-refractivity contribution in [3.8, 4) is 11.5 Å². The number of ether oxygens (including phenoxy) is 1. The van der Waals surface area contributed by atoms with E-state index >= 15 is 0 Å². The van der Waals surface area contributed by atoms with Crippen LogP contribution in [0.1, 0.15) is 31.9 Å². The summed E-state index contributed by atoms with van der Waals surface area (Å²) >= 11 is 0. The molecule has 3 heteroatoms. The average Bonchev–Trinajstić information content (AvgIpc) is 2.29. The summed E-state index contributed by atoms with van der Waals surface area (Å²) in [5, 5.41) is 0. The first-order chi connectivity index (χ1) is 9.25. The van der Waals surface area contributed by atoms with E-state index in [0.29, 0.717) is 17.2 Å². The van der Waals surface area contributed by atoms with Crippen molar-refractivity contribution >= 4 is 5.69 Å². The van der Waals surface area contributed by atoms with E-state index in [9.17, 15) is 4.39 Å². The average molecular weight is 273 g/mol. The Balaban J connectivity index is 2.30. The molecular weight excluding hydrogens is 253 g/mol. The summed E-state index contributed by atoms with van der Waals surface area (Å²) in [4.78, 5) is 0. The van der Waals surface area contributed by atoms with Crippen LogP contribution in [0, 0.1) is 12.7 Å². The quantitative estimate of drug-likeness (QED) is 0.797. The lowest BCUT2D eigenvalue weighted by Crippen LogP contribution is -2.11. The molecule has 2 rings (SSSR count). The molecule has 106 valence electrons. The minimum absolute atomic E-state index is 0.0899. The molecule has 0 unspecified atom stereocenters. The molecule has 0 atom stereocenters. The van der Waals surface area contributed by atoms with Gasteiger partial charge >= 0.3 is 0 Å². The first-order valence-electron chi connectivity index (χ1n) is 6.61. The SMILES string of the molecule is Cc1cc(C(C)(C)C)ccc1Oc1cc(N)cc(F)c1. The van der Waals surface area contributed by atoms with Gasteiger partial charge < -0.3 is 10.5 Å². The van der Waals surface area contributed by atoms with Gasteiger partial charge in [0.15, 0.2) is 0 Å². The minimum Gasteiger partial charge on any atom is -0.457 e. The third-order valence-corrected chi connectivity index (χ3v) is 3.16. The van der Waals surface area contributed by atoms with Crippen LogP contribution in [0.15, 0.2) is 36.4 Å². The molecule has 0 amide bonds. The highest BCUT2D eigenvalue weighted by Gasteiger charge is 2.15. The van der Waals surface area contributed by atoms with E-state index in [1.54, 1.807) is 6.07 Å². The lowest BCUT2D eigenvalue weighted by atomic mass is 9.86. The second kappa shape index (κ2) is 5.16. The molecule has 2 nitrogen and oxygen atoms in total. The van der Waals surface area contributed by atoms with Crippen LogP contribution in [-0.4, -0.2) is 0 Å². The Morgan fingerprint density at radius 1 is 1.05 bits per heavy atom. The smallest absolute Gasteiger partial charge is 0.132 e. The number of rotatable bonds is 2. The predicted octanol–water partition coefficient (Wildman–Crippen LogP) is 4.81. The Labute approximate surface area is 119 Å². The molecule has 0 heterocycles. The van der Waals surface area contributed by atoms with Crippen molar-refractivity contribution in [1.82, 2.24) is 0 Å². The van der Waals surface area contributed by atoms with Crippen LogP contribution < -0.4 is 10.5 Å². The molecule has 2 N–H and O–H groups in total. The maximum absolute atomic E-state index is 13.3. The molecule has 0 aliphatic carbocycles. The van der Waals surface area contributed by atoms with Crippen LogP contribution in [0.5, 0.6) is 11.5 Å². The highest BCUT2D eigenvalue weighted by molar-refractivity contribution is 5.47. The van der Waals surface area contributed by atoms with Gasteiger partial charge in [0.25, 0.3) is 0 Å². The molecule has 0 bridgehead atoms. The number of anilines is 1. The molecule has 0 aromatic heterocycles. The molecular formula is C17H20FNO. The molecule has 0 saturated carbocycles. The molecule has 20 heavy (non-hydrogen) atoms. The Morgan fingerprint density at radius 3 is 2.30 bits per heavy atom. The summed E-state index contributed by atoms with van der Waals surface area (Å²) in [6.45, 7) is 8.47. The Morgan fingerprint density at radius 2 is 1.75 bits per heavy atom. The van der Waals surface area contributed by atoms with Gasteiger partial charge in [-0.3, -0.25) is 0 Å². The van der Waals surface area contributed by atoms with Crippen LogP contribution in [-0.2, 0) is 5.41 Å². The summed E-state index contributed by atoms with van der Waals surface area (Å²) in [6.07, 6.45) is 0. The van der Waals surface area contributed by atoms with E-state index in [1.807, 2.05) is 19.1 Å². The van der Waals surface area contributed by atoms with Gasteiger partial charge in [-0.15, -0.1) is 0 Å². The third kappa shape index (κ3) is 3.29. The zero-order valence-corrected chi connectivity index (χ0v) is 12.3. The van der Waals surface area contributed by atoms with Crippen LogP contribution >= 0.6 is 0 Å². The summed E-state index contributed by atoms with van der Waals surface area (Å²) in [5.41, 5.74) is 8.30. The largest absolute Gasteiger partial charge is 0.457 e. The zero-order valence-electron chi connectivity index (χ0n) is 12.3. The van der Waals surface area contributed by atoms with E-state index in [2.05, 4.69) is 26.8 Å². The van der Waals surface area contributed by atoms with Crippen molar-refractivity contribution in [1.29, 1.82) is 0 Å². The first-order valence-corrected chi connectivity index (χ1v) is 6.61. The molecule has 0 spiro atoms. The van der Waals surface area contributed by atoms with E-state index in [0.717, 1.165) is 5.56 Å². The van der Waals surface area contributed by atoms with E-state index in [-0.39, 0.29) is 5.41 Å². The van der Waals surface area contributed by atoms with Gasteiger partial charge in [0.05, 0.1) is 0 Å². The first kappa shape index (κ1) is 14.4. The monoisotopic (exact) mass is 273 g/mol. The van der Waals surface area contributed by atoms with Crippen LogP contribution in [0.3, 0.4) is 0 Å². The molecule has 0 aliphatic rings. The van der Waals surface area contributed by atoms with Gasteiger partial charge in [-0.2, -0.15) is 0 Å². The van der Waals surface area contributed by atoms with Crippen molar-refractivity contribution in [2.45, 2.75) is 33.1 Å². The zero-order chi connectivity index (χ0) is 14.9. The fraction of sp³-hybridized carbons (Fsp3) is 0.294. The number of nitrogens with two attached hydrogens (primary N) is 1. The summed E-state index contributed by atoms with van der Waals surface area (Å²) < 4.78 is 19.0. The fourth-order valence-corrected chi connectivity index (χ4v) is 2.00. The molecule has 0 saturated heterocycles. The lowest BCUT2D eigenvalue weighted by molar-refractivity contribution is 0.472. The second-order valence-corrected chi connectivity index (χ2v) is 6.05. The number of aryl methyl sites for hydroxylation is 1. The second-order valence-electron chi connectivity index (χ2n) is 6.05. The highest BCUT2D eigenvalue weighted by atomic mass is 19.1. The van der Waals surface area contributed by atoms with E-state index < -0.39 is 5.82 Å². The fourth-order valence-electron chi connectivity index (χ4n) is 2.00. The van der Waals surface area contributed by atoms with E-state index in [1.165, 1.54) is 17.7 Å². The van der Waals surface area contributed by atoms with Crippen LogP contribution in [0.4, 0.5) is 10.1 Å². The third-order valence-electron chi connectivity index (χ3n) is 3.16. The minimum atomic E-state index is -0.399. The van der Waals surface area contributed by atoms with Crippen molar-refractivity contribution in [2.24, 2.45) is 0 Å². The Kier molecular flexibility index (Phi) is 3.71. The van der Waals surface area contributed by atoms with Crippen molar-refractivity contribution in [2.75, 3.05) is 5.73 Å². The van der Waals surface area contributed by atoms with Gasteiger partial charge in [0.1, 0.15) is 17.3 Å². The van der Waals surface area contributed by atoms with Crippen LogP contribution in [0.2, 0.25) is 0 Å². The Bertz CT molecular complexity index is 609. The summed E-state index contributed by atoms with van der Waals surface area (Å²) in [7, 11) is 0. The molecule has 0 aliphatic heterocycles.